The normalized spacial score (nSPS) is 28.8. The molecule has 0 saturated carbocycles. The molecule has 80 valence electrons. The van der Waals surface area contributed by atoms with Gasteiger partial charge < -0.3 is 5.11 Å². The topological polar surface area (TPSA) is 42.2 Å². The van der Waals surface area contributed by atoms with Gasteiger partial charge in [0.2, 0.25) is 0 Å². The summed E-state index contributed by atoms with van der Waals surface area (Å²) in [5, 5.41) is 12.6. The smallest absolute Gasteiger partial charge is 0.0653 e. The number of aliphatic hydroxyl groups excluding tert-OH is 1. The summed E-state index contributed by atoms with van der Waals surface area (Å²) in [4.78, 5) is 0. The van der Waals surface area contributed by atoms with E-state index < -0.39 is 0 Å². The lowest BCUT2D eigenvalue weighted by Crippen LogP contribution is -2.16. The first-order valence-corrected chi connectivity index (χ1v) is 5.27. The largest absolute Gasteiger partial charge is 0.395 e. The monoisotopic (exact) mass is 203 g/mol. The van der Waals surface area contributed by atoms with Gasteiger partial charge in [-0.05, 0) is 18.9 Å². The number of nitrogens with one attached hydrogen (secondary N) is 1. The molecule has 0 amide bonds. The molecular weight excluding hydrogens is 186 g/mol. The van der Waals surface area contributed by atoms with Gasteiger partial charge in [0.1, 0.15) is 0 Å². The van der Waals surface area contributed by atoms with E-state index in [1.54, 1.807) is 0 Å². The van der Waals surface area contributed by atoms with Crippen molar-refractivity contribution >= 4 is 0 Å². The molecule has 0 aromatic heterocycles. The Bertz CT molecular complexity index is 360. The summed E-state index contributed by atoms with van der Waals surface area (Å²) >= 11 is 0. The van der Waals surface area contributed by atoms with E-state index in [0.29, 0.717) is 0 Å². The van der Waals surface area contributed by atoms with Crippen LogP contribution >= 0.6 is 0 Å². The molecule has 15 heavy (non-hydrogen) atoms. The molecule has 1 aromatic rings. The van der Waals surface area contributed by atoms with Crippen LogP contribution in [-0.2, 0) is 5.54 Å². The van der Waals surface area contributed by atoms with Crippen molar-refractivity contribution in [2.75, 3.05) is 6.61 Å². The summed E-state index contributed by atoms with van der Waals surface area (Å²) < 4.78 is 0. The average molecular weight is 203 g/mol. The molecule has 0 unspecified atom stereocenters. The Labute approximate surface area is 90.6 Å². The van der Waals surface area contributed by atoms with Crippen molar-refractivity contribution in [3.8, 4) is 0 Å². The van der Waals surface area contributed by atoms with Crippen molar-refractivity contribution in [3.05, 3.63) is 48.0 Å². The van der Waals surface area contributed by atoms with Gasteiger partial charge in [-0.25, -0.2) is 0 Å². The van der Waals surface area contributed by atoms with Crippen LogP contribution in [0.1, 0.15) is 18.9 Å². The second-order valence-corrected chi connectivity index (χ2v) is 4.35. The van der Waals surface area contributed by atoms with Crippen LogP contribution in [0.4, 0.5) is 0 Å². The van der Waals surface area contributed by atoms with E-state index in [1.165, 1.54) is 5.56 Å². The quantitative estimate of drug-likeness (QED) is 0.579. The van der Waals surface area contributed by atoms with Crippen molar-refractivity contribution in [1.82, 2.24) is 5.32 Å². The summed E-state index contributed by atoms with van der Waals surface area (Å²) in [6, 6.07) is 10.5. The van der Waals surface area contributed by atoms with Gasteiger partial charge in [-0.15, -0.1) is 6.58 Å². The molecule has 0 radical (unpaired) electrons. The maximum atomic E-state index is 9.22. The van der Waals surface area contributed by atoms with E-state index in [4.69, 9.17) is 0 Å². The minimum absolute atomic E-state index is 0.0676. The molecule has 0 spiro atoms. The molecule has 1 heterocycles. The highest BCUT2D eigenvalue weighted by molar-refractivity contribution is 5.36. The van der Waals surface area contributed by atoms with Crippen LogP contribution in [0.15, 0.2) is 42.5 Å². The minimum Gasteiger partial charge on any atom is -0.395 e. The van der Waals surface area contributed by atoms with E-state index in [0.717, 1.165) is 12.0 Å². The molecule has 1 saturated heterocycles. The van der Waals surface area contributed by atoms with Gasteiger partial charge in [-0.2, -0.15) is 0 Å². The number of rotatable bonds is 4. The van der Waals surface area contributed by atoms with E-state index in [2.05, 4.69) is 24.0 Å². The maximum Gasteiger partial charge on any atom is 0.0653 e. The fraction of sp³-hybridized carbons (Fsp3) is 0.385. The molecule has 2 heteroatoms. The third-order valence-electron chi connectivity index (χ3n) is 3.00. The Balaban J connectivity index is 2.26. The molecule has 2 rings (SSSR count). The fourth-order valence-corrected chi connectivity index (χ4v) is 2.24. The van der Waals surface area contributed by atoms with Crippen LogP contribution in [0.2, 0.25) is 0 Å². The van der Waals surface area contributed by atoms with Crippen LogP contribution in [0.5, 0.6) is 0 Å². The Hall–Kier alpha value is -1.12. The van der Waals surface area contributed by atoms with E-state index in [-0.39, 0.29) is 18.2 Å². The second-order valence-electron chi connectivity index (χ2n) is 4.35. The summed E-state index contributed by atoms with van der Waals surface area (Å²) in [7, 11) is 0. The average Bonchev–Trinajstić information content (AvgIpc) is 2.93. The zero-order valence-electron chi connectivity index (χ0n) is 9.03. The maximum absolute atomic E-state index is 9.22. The van der Waals surface area contributed by atoms with Crippen LogP contribution < -0.4 is 5.32 Å². The number of benzene rings is 1. The Morgan fingerprint density at radius 3 is 2.60 bits per heavy atom. The van der Waals surface area contributed by atoms with Crippen molar-refractivity contribution in [2.45, 2.75) is 24.9 Å². The number of hydrogen-bond acceptors (Lipinski definition) is 2. The molecular formula is C13H17NO. The number of aliphatic hydroxyl groups is 1. The molecule has 1 aliphatic heterocycles. The highest BCUT2D eigenvalue weighted by Crippen LogP contribution is 2.42. The highest BCUT2D eigenvalue weighted by Gasteiger charge is 2.53. The summed E-state index contributed by atoms with van der Waals surface area (Å²) in [5.41, 5.74) is 2.32. The van der Waals surface area contributed by atoms with Crippen molar-refractivity contribution < 1.29 is 5.11 Å². The minimum atomic E-state index is -0.0676. The van der Waals surface area contributed by atoms with Gasteiger partial charge in [0.15, 0.2) is 0 Å². The SMILES string of the molecule is C=C(C)C[C@]1(c2ccccc2)N[C@@H]1CO. The standard InChI is InChI=1S/C13H17NO/c1-10(2)8-13(12(9-15)14-13)11-6-4-3-5-7-11/h3-7,12,14-15H,1,8-9H2,2H3/t12-,13-/m1/s1. The van der Waals surface area contributed by atoms with E-state index >= 15 is 0 Å². The van der Waals surface area contributed by atoms with Gasteiger partial charge in [0.25, 0.3) is 0 Å². The summed E-state index contributed by atoms with van der Waals surface area (Å²) in [6.45, 7) is 6.16. The fourth-order valence-electron chi connectivity index (χ4n) is 2.24. The molecule has 0 bridgehead atoms. The first kappa shape index (κ1) is 10.4. The van der Waals surface area contributed by atoms with Crippen LogP contribution in [0.25, 0.3) is 0 Å². The molecule has 2 N–H and O–H groups in total. The first-order valence-electron chi connectivity index (χ1n) is 5.27. The lowest BCUT2D eigenvalue weighted by atomic mass is 9.89. The van der Waals surface area contributed by atoms with Crippen LogP contribution in [-0.4, -0.2) is 17.8 Å². The van der Waals surface area contributed by atoms with Gasteiger partial charge in [0.05, 0.1) is 18.2 Å². The molecule has 1 fully saturated rings. The van der Waals surface area contributed by atoms with E-state index in [1.807, 2.05) is 25.1 Å². The summed E-state index contributed by atoms with van der Waals surface area (Å²) in [6.07, 6.45) is 0.891. The third kappa shape index (κ3) is 1.83. The Morgan fingerprint density at radius 2 is 2.13 bits per heavy atom. The predicted molar refractivity (Wildman–Crippen MR) is 61.6 cm³/mol. The van der Waals surface area contributed by atoms with Crippen molar-refractivity contribution in [2.24, 2.45) is 0 Å². The van der Waals surface area contributed by atoms with Crippen molar-refractivity contribution in [3.63, 3.8) is 0 Å². The van der Waals surface area contributed by atoms with Gasteiger partial charge in [-0.3, -0.25) is 5.32 Å². The van der Waals surface area contributed by atoms with E-state index in [9.17, 15) is 5.11 Å². The van der Waals surface area contributed by atoms with Crippen molar-refractivity contribution in [1.29, 1.82) is 0 Å². The van der Waals surface area contributed by atoms with Crippen LogP contribution in [0.3, 0.4) is 0 Å². The van der Waals surface area contributed by atoms with Gasteiger partial charge in [0, 0.05) is 0 Å². The Kier molecular flexibility index (Phi) is 2.63. The highest BCUT2D eigenvalue weighted by atomic mass is 16.3. The zero-order valence-corrected chi connectivity index (χ0v) is 9.03. The number of hydrogen-bond donors (Lipinski definition) is 2. The lowest BCUT2D eigenvalue weighted by Gasteiger charge is -2.15. The third-order valence-corrected chi connectivity index (χ3v) is 3.00. The lowest BCUT2D eigenvalue weighted by molar-refractivity contribution is 0.287. The second kappa shape index (κ2) is 3.80. The molecule has 1 aromatic carbocycles. The first-order chi connectivity index (χ1) is 7.19. The van der Waals surface area contributed by atoms with Gasteiger partial charge >= 0.3 is 0 Å². The molecule has 0 aliphatic carbocycles. The van der Waals surface area contributed by atoms with Crippen LogP contribution in [0, 0.1) is 0 Å². The molecule has 2 nitrogen and oxygen atoms in total. The predicted octanol–water partition coefficient (Wildman–Crippen LogP) is 1.81. The van der Waals surface area contributed by atoms with Gasteiger partial charge in [-0.1, -0.05) is 35.9 Å². The molecule has 2 atom stereocenters. The zero-order chi connectivity index (χ0) is 10.9. The summed E-state index contributed by atoms with van der Waals surface area (Å²) in [5.74, 6) is 0. The Morgan fingerprint density at radius 1 is 1.47 bits per heavy atom. The molecule has 1 aliphatic rings.